The first-order valence-electron chi connectivity index (χ1n) is 10.3. The van der Waals surface area contributed by atoms with E-state index in [4.69, 9.17) is 9.47 Å². The summed E-state index contributed by atoms with van der Waals surface area (Å²) in [7, 11) is 3.16. The van der Waals surface area contributed by atoms with Crippen LogP contribution in [-0.2, 0) is 13.0 Å². The molecule has 0 bridgehead atoms. The third-order valence-corrected chi connectivity index (χ3v) is 6.43. The average molecular weight is 395 g/mol. The Morgan fingerprint density at radius 1 is 1.07 bits per heavy atom. The summed E-state index contributed by atoms with van der Waals surface area (Å²) < 4.78 is 10.7. The molecule has 4 rings (SSSR count). The molecule has 1 fully saturated rings. The number of aliphatic hydroxyl groups is 1. The number of ketones is 1. The number of Topliss-reactive ketones (excluding diaryl/α,β-unsaturated/α-hetero) is 1. The maximum absolute atomic E-state index is 13.0. The molecule has 2 atom stereocenters. The number of methoxy groups -OCH3 is 2. The Labute approximate surface area is 172 Å². The van der Waals surface area contributed by atoms with Crippen LogP contribution in [0.4, 0.5) is 0 Å². The molecule has 29 heavy (non-hydrogen) atoms. The normalized spacial score (nSPS) is 21.1. The van der Waals surface area contributed by atoms with Crippen LogP contribution < -0.4 is 9.47 Å². The van der Waals surface area contributed by atoms with Crippen molar-refractivity contribution in [3.05, 3.63) is 59.2 Å². The Kier molecular flexibility index (Phi) is 5.88. The summed E-state index contributed by atoms with van der Waals surface area (Å²) in [4.78, 5) is 15.4. The third kappa shape index (κ3) is 4.02. The maximum atomic E-state index is 13.0. The topological polar surface area (TPSA) is 59.0 Å². The van der Waals surface area contributed by atoms with Gasteiger partial charge in [0.2, 0.25) is 0 Å². The molecule has 2 aromatic rings. The number of likely N-dealkylation sites (tertiary alicyclic amines) is 1. The van der Waals surface area contributed by atoms with Crippen LogP contribution in [0.15, 0.2) is 42.5 Å². The molecule has 1 saturated heterocycles. The minimum atomic E-state index is -0.606. The Hall–Kier alpha value is -2.37. The monoisotopic (exact) mass is 395 g/mol. The van der Waals surface area contributed by atoms with Crippen LogP contribution in [0.1, 0.15) is 34.3 Å². The smallest absolute Gasteiger partial charge is 0.169 e. The first-order chi connectivity index (χ1) is 14.1. The van der Waals surface area contributed by atoms with E-state index in [0.29, 0.717) is 23.5 Å². The predicted octanol–water partition coefficient (Wildman–Crippen LogP) is 3.33. The average Bonchev–Trinajstić information content (AvgIpc) is 3.09. The fourth-order valence-electron chi connectivity index (χ4n) is 4.75. The lowest BCUT2D eigenvalue weighted by Gasteiger charge is -2.35. The van der Waals surface area contributed by atoms with Crippen molar-refractivity contribution >= 4 is 5.78 Å². The molecule has 2 aliphatic rings. The van der Waals surface area contributed by atoms with Gasteiger partial charge in [-0.15, -0.1) is 0 Å². The third-order valence-electron chi connectivity index (χ3n) is 6.43. The summed E-state index contributed by atoms with van der Waals surface area (Å²) in [6.07, 6.45) is 1.80. The highest BCUT2D eigenvalue weighted by atomic mass is 16.5. The van der Waals surface area contributed by atoms with E-state index in [2.05, 4.69) is 29.2 Å². The SMILES string of the molecule is COc1cc2c(cc1OC)C(=O)[C@@H]([C@H](O)C1CCN(Cc3ccccc3)CC1)C2. The summed E-state index contributed by atoms with van der Waals surface area (Å²) in [5.74, 6) is 1.01. The molecular weight excluding hydrogens is 366 g/mol. The maximum Gasteiger partial charge on any atom is 0.169 e. The van der Waals surface area contributed by atoms with E-state index < -0.39 is 6.10 Å². The lowest BCUT2D eigenvalue weighted by molar-refractivity contribution is 0.0202. The summed E-state index contributed by atoms with van der Waals surface area (Å²) >= 11 is 0. The van der Waals surface area contributed by atoms with Gasteiger partial charge in [-0.1, -0.05) is 30.3 Å². The van der Waals surface area contributed by atoms with Crippen molar-refractivity contribution in [3.63, 3.8) is 0 Å². The standard InChI is InChI=1S/C24H29NO4/c1-28-21-13-18-12-20(24(27)19(18)14-22(21)29-2)23(26)17-8-10-25(11-9-17)15-16-6-4-3-5-7-16/h3-7,13-14,17,20,23,26H,8-12,15H2,1-2H3/t20-,23-/m1/s1. The van der Waals surface area contributed by atoms with E-state index >= 15 is 0 Å². The van der Waals surface area contributed by atoms with Gasteiger partial charge >= 0.3 is 0 Å². The molecular formula is C24H29NO4. The van der Waals surface area contributed by atoms with Crippen LogP contribution in [0.25, 0.3) is 0 Å². The highest BCUT2D eigenvalue weighted by Crippen LogP contribution is 2.39. The molecule has 5 nitrogen and oxygen atoms in total. The summed E-state index contributed by atoms with van der Waals surface area (Å²) in [5.41, 5.74) is 2.92. The second kappa shape index (κ2) is 8.56. The molecule has 2 aromatic carbocycles. The van der Waals surface area contributed by atoms with Gasteiger partial charge in [-0.2, -0.15) is 0 Å². The van der Waals surface area contributed by atoms with Crippen LogP contribution in [0, 0.1) is 11.8 Å². The number of rotatable bonds is 6. The summed E-state index contributed by atoms with van der Waals surface area (Å²) in [5, 5.41) is 11.0. The number of fused-ring (bicyclic) bond motifs is 1. The van der Waals surface area contributed by atoms with Gasteiger partial charge in [-0.3, -0.25) is 9.69 Å². The van der Waals surface area contributed by atoms with Crippen molar-refractivity contribution in [3.8, 4) is 11.5 Å². The summed E-state index contributed by atoms with van der Waals surface area (Å²) in [6, 6.07) is 14.1. The number of hydrogen-bond donors (Lipinski definition) is 1. The first-order valence-corrected chi connectivity index (χ1v) is 10.3. The molecule has 0 radical (unpaired) electrons. The van der Waals surface area contributed by atoms with Gasteiger partial charge < -0.3 is 14.6 Å². The van der Waals surface area contributed by atoms with E-state index in [1.54, 1.807) is 20.3 Å². The number of carbonyl (C=O) groups excluding carboxylic acids is 1. The Balaban J connectivity index is 1.39. The van der Waals surface area contributed by atoms with Crippen LogP contribution in [-0.4, -0.2) is 49.2 Å². The van der Waals surface area contributed by atoms with Crippen molar-refractivity contribution in [2.45, 2.75) is 31.9 Å². The highest BCUT2D eigenvalue weighted by Gasteiger charge is 2.40. The Morgan fingerprint density at radius 2 is 1.72 bits per heavy atom. The minimum absolute atomic E-state index is 0.0279. The van der Waals surface area contributed by atoms with Crippen molar-refractivity contribution in [2.75, 3.05) is 27.3 Å². The van der Waals surface area contributed by atoms with Gasteiger partial charge in [0.1, 0.15) is 0 Å². The molecule has 0 unspecified atom stereocenters. The minimum Gasteiger partial charge on any atom is -0.493 e. The van der Waals surface area contributed by atoms with E-state index in [9.17, 15) is 9.90 Å². The number of piperidine rings is 1. The molecule has 0 spiro atoms. The van der Waals surface area contributed by atoms with Crippen molar-refractivity contribution in [1.29, 1.82) is 0 Å². The number of ether oxygens (including phenoxy) is 2. The van der Waals surface area contributed by atoms with Gasteiger partial charge in [-0.05, 0) is 61.5 Å². The molecule has 0 aromatic heterocycles. The number of benzene rings is 2. The molecule has 1 aliphatic carbocycles. The molecule has 154 valence electrons. The van der Waals surface area contributed by atoms with E-state index in [1.165, 1.54) is 5.56 Å². The molecule has 0 amide bonds. The van der Waals surface area contributed by atoms with Crippen LogP contribution >= 0.6 is 0 Å². The number of carbonyl (C=O) groups is 1. The van der Waals surface area contributed by atoms with Gasteiger partial charge in [0, 0.05) is 12.1 Å². The van der Waals surface area contributed by atoms with Crippen molar-refractivity contribution < 1.29 is 19.4 Å². The highest BCUT2D eigenvalue weighted by molar-refractivity contribution is 6.03. The zero-order valence-corrected chi connectivity index (χ0v) is 17.1. The molecule has 1 N–H and O–H groups in total. The fraction of sp³-hybridized carbons (Fsp3) is 0.458. The van der Waals surface area contributed by atoms with Gasteiger partial charge in [0.25, 0.3) is 0 Å². The van der Waals surface area contributed by atoms with E-state index in [1.807, 2.05) is 12.1 Å². The Morgan fingerprint density at radius 3 is 2.38 bits per heavy atom. The first kappa shape index (κ1) is 19.9. The number of aliphatic hydroxyl groups excluding tert-OH is 1. The van der Waals surface area contributed by atoms with Crippen LogP contribution in [0.2, 0.25) is 0 Å². The summed E-state index contributed by atoms with van der Waals surface area (Å²) in [6.45, 7) is 2.84. The van der Waals surface area contributed by atoms with Crippen LogP contribution in [0.3, 0.4) is 0 Å². The quantitative estimate of drug-likeness (QED) is 0.813. The lowest BCUT2D eigenvalue weighted by atomic mass is 9.82. The molecule has 5 heteroatoms. The van der Waals surface area contributed by atoms with E-state index in [-0.39, 0.29) is 17.6 Å². The zero-order chi connectivity index (χ0) is 20.4. The van der Waals surface area contributed by atoms with Crippen LogP contribution in [0.5, 0.6) is 11.5 Å². The van der Waals surface area contributed by atoms with Gasteiger partial charge in [-0.25, -0.2) is 0 Å². The Bertz CT molecular complexity index is 859. The fourth-order valence-corrected chi connectivity index (χ4v) is 4.75. The van der Waals surface area contributed by atoms with Crippen molar-refractivity contribution in [1.82, 2.24) is 4.90 Å². The molecule has 1 heterocycles. The second-order valence-electron chi connectivity index (χ2n) is 8.13. The molecule has 1 aliphatic heterocycles. The predicted molar refractivity (Wildman–Crippen MR) is 112 cm³/mol. The lowest BCUT2D eigenvalue weighted by Crippen LogP contribution is -2.41. The number of nitrogens with zero attached hydrogens (tertiary/aromatic N) is 1. The van der Waals surface area contributed by atoms with Gasteiger partial charge in [0.15, 0.2) is 17.3 Å². The zero-order valence-electron chi connectivity index (χ0n) is 17.1. The van der Waals surface area contributed by atoms with Gasteiger partial charge in [0.05, 0.1) is 26.2 Å². The number of hydrogen-bond acceptors (Lipinski definition) is 5. The van der Waals surface area contributed by atoms with E-state index in [0.717, 1.165) is 38.0 Å². The largest absolute Gasteiger partial charge is 0.493 e. The van der Waals surface area contributed by atoms with Crippen molar-refractivity contribution in [2.24, 2.45) is 11.8 Å². The molecule has 0 saturated carbocycles. The second-order valence-corrected chi connectivity index (χ2v) is 8.13.